The second-order valence-electron chi connectivity index (χ2n) is 3.91. The molecule has 18 heavy (non-hydrogen) atoms. The highest BCUT2D eigenvalue weighted by Crippen LogP contribution is 2.33. The maximum atomic E-state index is 5.91. The van der Waals surface area contributed by atoms with Crippen LogP contribution in [-0.4, -0.2) is 0 Å². The predicted octanol–water partition coefficient (Wildman–Crippen LogP) is 5.94. The Morgan fingerprint density at radius 3 is 2.44 bits per heavy atom. The third kappa shape index (κ3) is 3.19. The highest BCUT2D eigenvalue weighted by atomic mass is 79.9. The van der Waals surface area contributed by atoms with Crippen molar-refractivity contribution in [1.29, 1.82) is 0 Å². The molecule has 2 aromatic rings. The minimum Gasteiger partial charge on any atom is -0.456 e. The minimum atomic E-state index is 0.485. The van der Waals surface area contributed by atoms with Gasteiger partial charge in [0.25, 0.3) is 0 Å². The van der Waals surface area contributed by atoms with Crippen LogP contribution in [0.4, 0.5) is 0 Å². The molecule has 0 amide bonds. The summed E-state index contributed by atoms with van der Waals surface area (Å²) in [5.74, 6) is 2.03. The van der Waals surface area contributed by atoms with Gasteiger partial charge in [-0.15, -0.1) is 11.6 Å². The average Bonchev–Trinajstić information content (AvgIpc) is 2.34. The molecule has 0 saturated carbocycles. The zero-order valence-electron chi connectivity index (χ0n) is 9.71. The van der Waals surface area contributed by atoms with Crippen molar-refractivity contribution >= 4 is 39.1 Å². The van der Waals surface area contributed by atoms with Crippen molar-refractivity contribution < 1.29 is 4.74 Å². The zero-order valence-corrected chi connectivity index (χ0v) is 12.8. The summed E-state index contributed by atoms with van der Waals surface area (Å²) in [6, 6.07) is 11.3. The lowest BCUT2D eigenvalue weighted by molar-refractivity contribution is 0.476. The maximum Gasteiger partial charge on any atom is 0.141 e. The van der Waals surface area contributed by atoms with Gasteiger partial charge in [-0.1, -0.05) is 17.7 Å². The number of benzene rings is 2. The van der Waals surface area contributed by atoms with E-state index < -0.39 is 0 Å². The molecule has 0 aliphatic rings. The number of rotatable bonds is 3. The lowest BCUT2D eigenvalue weighted by Gasteiger charge is -2.11. The summed E-state index contributed by atoms with van der Waals surface area (Å²) in [7, 11) is 0. The largest absolute Gasteiger partial charge is 0.456 e. The highest BCUT2D eigenvalue weighted by molar-refractivity contribution is 9.10. The molecule has 2 rings (SSSR count). The van der Waals surface area contributed by atoms with E-state index in [4.69, 9.17) is 27.9 Å². The molecule has 0 heterocycles. The van der Waals surface area contributed by atoms with Gasteiger partial charge in [-0.2, -0.15) is 0 Å². The van der Waals surface area contributed by atoms with Gasteiger partial charge in [-0.3, -0.25) is 0 Å². The molecule has 94 valence electrons. The quantitative estimate of drug-likeness (QED) is 0.625. The third-order valence-corrected chi connectivity index (χ3v) is 3.67. The molecule has 0 N–H and O–H groups in total. The summed E-state index contributed by atoms with van der Waals surface area (Å²) in [4.78, 5) is 0. The van der Waals surface area contributed by atoms with E-state index in [9.17, 15) is 0 Å². The van der Waals surface area contributed by atoms with Crippen molar-refractivity contribution in [2.45, 2.75) is 12.8 Å². The predicted molar refractivity (Wildman–Crippen MR) is 80.0 cm³/mol. The van der Waals surface area contributed by atoms with Crippen LogP contribution in [0.2, 0.25) is 5.02 Å². The van der Waals surface area contributed by atoms with Crippen LogP contribution in [0.15, 0.2) is 40.9 Å². The Labute approximate surface area is 125 Å². The SMILES string of the molecule is Cc1cc(Cl)ccc1Oc1ccc(CCl)cc1Br. The van der Waals surface area contributed by atoms with E-state index in [2.05, 4.69) is 15.9 Å². The van der Waals surface area contributed by atoms with Gasteiger partial charge in [0, 0.05) is 10.9 Å². The molecule has 0 unspecified atom stereocenters. The first-order chi connectivity index (χ1) is 8.60. The standard InChI is InChI=1S/C14H11BrCl2O/c1-9-6-11(17)3-5-13(9)18-14-4-2-10(8-16)7-12(14)15/h2-7H,8H2,1H3. The fourth-order valence-electron chi connectivity index (χ4n) is 1.56. The van der Waals surface area contributed by atoms with Crippen LogP contribution in [0.25, 0.3) is 0 Å². The number of hydrogen-bond donors (Lipinski definition) is 0. The molecule has 2 aromatic carbocycles. The normalized spacial score (nSPS) is 10.4. The van der Waals surface area contributed by atoms with Crippen molar-refractivity contribution in [3.05, 3.63) is 57.0 Å². The van der Waals surface area contributed by atoms with E-state index in [-0.39, 0.29) is 0 Å². The number of hydrogen-bond acceptors (Lipinski definition) is 1. The van der Waals surface area contributed by atoms with Crippen molar-refractivity contribution in [1.82, 2.24) is 0 Å². The Morgan fingerprint density at radius 1 is 1.11 bits per heavy atom. The van der Waals surface area contributed by atoms with E-state index in [0.717, 1.165) is 27.1 Å². The summed E-state index contributed by atoms with van der Waals surface area (Å²) in [5, 5.41) is 0.705. The Morgan fingerprint density at radius 2 is 1.83 bits per heavy atom. The van der Waals surface area contributed by atoms with Crippen molar-refractivity contribution in [3.8, 4) is 11.5 Å². The molecule has 1 nitrogen and oxygen atoms in total. The molecule has 4 heteroatoms. The lowest BCUT2D eigenvalue weighted by atomic mass is 10.2. The summed E-state index contributed by atoms with van der Waals surface area (Å²) >= 11 is 15.2. The van der Waals surface area contributed by atoms with Gasteiger partial charge in [-0.25, -0.2) is 0 Å². The van der Waals surface area contributed by atoms with Crippen LogP contribution in [0, 0.1) is 6.92 Å². The first-order valence-corrected chi connectivity index (χ1v) is 7.09. The Balaban J connectivity index is 2.28. The van der Waals surface area contributed by atoms with Gasteiger partial charge in [0.2, 0.25) is 0 Å². The van der Waals surface area contributed by atoms with Crippen LogP contribution in [0.1, 0.15) is 11.1 Å². The fourth-order valence-corrected chi connectivity index (χ4v) is 2.46. The highest BCUT2D eigenvalue weighted by Gasteiger charge is 2.06. The second-order valence-corrected chi connectivity index (χ2v) is 5.47. The molecule has 0 spiro atoms. The van der Waals surface area contributed by atoms with Gasteiger partial charge < -0.3 is 4.74 Å². The number of alkyl halides is 1. The van der Waals surface area contributed by atoms with Crippen molar-refractivity contribution in [2.24, 2.45) is 0 Å². The second kappa shape index (κ2) is 5.96. The van der Waals surface area contributed by atoms with Crippen LogP contribution in [-0.2, 0) is 5.88 Å². The van der Waals surface area contributed by atoms with Gasteiger partial charge in [0.05, 0.1) is 4.47 Å². The van der Waals surface area contributed by atoms with Crippen LogP contribution >= 0.6 is 39.1 Å². The molecule has 0 aliphatic carbocycles. The zero-order chi connectivity index (χ0) is 13.1. The van der Waals surface area contributed by atoms with E-state index in [1.54, 1.807) is 0 Å². The van der Waals surface area contributed by atoms with Gasteiger partial charge >= 0.3 is 0 Å². The summed E-state index contributed by atoms with van der Waals surface area (Å²) in [5.41, 5.74) is 2.04. The molecule has 0 fully saturated rings. The van der Waals surface area contributed by atoms with Gasteiger partial charge in [-0.05, 0) is 64.3 Å². The van der Waals surface area contributed by atoms with Crippen LogP contribution < -0.4 is 4.74 Å². The van der Waals surface area contributed by atoms with Crippen LogP contribution in [0.5, 0.6) is 11.5 Å². The minimum absolute atomic E-state index is 0.485. The molecule has 0 radical (unpaired) electrons. The summed E-state index contributed by atoms with van der Waals surface area (Å²) < 4.78 is 6.73. The molecule has 0 aromatic heterocycles. The summed E-state index contributed by atoms with van der Waals surface area (Å²) in [6.45, 7) is 1.96. The first kappa shape index (κ1) is 13.7. The monoisotopic (exact) mass is 344 g/mol. The van der Waals surface area contributed by atoms with E-state index >= 15 is 0 Å². The molecular weight excluding hydrogens is 335 g/mol. The van der Waals surface area contributed by atoms with E-state index in [1.807, 2.05) is 43.3 Å². The molecule has 0 atom stereocenters. The number of ether oxygens (including phenoxy) is 1. The molecule has 0 aliphatic heterocycles. The van der Waals surface area contributed by atoms with Crippen molar-refractivity contribution in [3.63, 3.8) is 0 Å². The molecular formula is C14H11BrCl2O. The Bertz CT molecular complexity index is 570. The molecule has 0 saturated heterocycles. The molecule has 0 bridgehead atoms. The smallest absolute Gasteiger partial charge is 0.141 e. The lowest BCUT2D eigenvalue weighted by Crippen LogP contribution is -1.89. The Hall–Kier alpha value is -0.700. The topological polar surface area (TPSA) is 9.23 Å². The van der Waals surface area contributed by atoms with Gasteiger partial charge in [0.1, 0.15) is 11.5 Å². The number of aryl methyl sites for hydroxylation is 1. The van der Waals surface area contributed by atoms with Gasteiger partial charge in [0.15, 0.2) is 0 Å². The average molecular weight is 346 g/mol. The van der Waals surface area contributed by atoms with E-state index in [1.165, 1.54) is 0 Å². The number of halogens is 3. The van der Waals surface area contributed by atoms with E-state index in [0.29, 0.717) is 10.9 Å². The first-order valence-electron chi connectivity index (χ1n) is 5.38. The maximum absolute atomic E-state index is 5.91. The summed E-state index contributed by atoms with van der Waals surface area (Å²) in [6.07, 6.45) is 0. The Kier molecular flexibility index (Phi) is 4.55. The van der Waals surface area contributed by atoms with Crippen LogP contribution in [0.3, 0.4) is 0 Å². The van der Waals surface area contributed by atoms with Crippen molar-refractivity contribution in [2.75, 3.05) is 0 Å². The fraction of sp³-hybridized carbons (Fsp3) is 0.143. The third-order valence-electron chi connectivity index (χ3n) is 2.51.